The molecule has 0 bridgehead atoms. The first kappa shape index (κ1) is 14.5. The van der Waals surface area contributed by atoms with Gasteiger partial charge in [0, 0.05) is 32.1 Å². The lowest BCUT2D eigenvalue weighted by Crippen LogP contribution is -2.52. The van der Waals surface area contributed by atoms with E-state index in [0.29, 0.717) is 17.9 Å². The second kappa shape index (κ2) is 7.70. The third-order valence-electron chi connectivity index (χ3n) is 3.83. The predicted octanol–water partition coefficient (Wildman–Crippen LogP) is 2.41. The van der Waals surface area contributed by atoms with Gasteiger partial charge in [-0.25, -0.2) is 0 Å². The number of rotatable bonds is 6. The molecule has 2 atom stereocenters. The molecule has 1 rings (SSSR count). The van der Waals surface area contributed by atoms with E-state index in [-0.39, 0.29) is 0 Å². The molecule has 3 heteroatoms. The number of nitrogens with zero attached hydrogens (tertiary/aromatic N) is 1. The number of unbranched alkanes of at least 4 members (excludes halogenated alkanes) is 1. The van der Waals surface area contributed by atoms with E-state index in [0.717, 1.165) is 32.5 Å². The van der Waals surface area contributed by atoms with Crippen LogP contribution in [0.5, 0.6) is 0 Å². The van der Waals surface area contributed by atoms with E-state index in [1.807, 2.05) is 0 Å². The number of carbonyl (C=O) groups is 1. The Bertz CT molecular complexity index is 230. The second-order valence-electron chi connectivity index (χ2n) is 5.26. The molecule has 1 aliphatic rings. The molecule has 0 aromatic heterocycles. The molecule has 100 valence electrons. The zero-order valence-electron chi connectivity index (χ0n) is 11.7. The molecule has 0 aromatic carbocycles. The Kier molecular flexibility index (Phi) is 6.56. The van der Waals surface area contributed by atoms with E-state index in [1.165, 1.54) is 19.3 Å². The molecule has 1 heterocycles. The molecular formula is C14H28N2O. The van der Waals surface area contributed by atoms with Crippen molar-refractivity contribution in [1.29, 1.82) is 0 Å². The van der Waals surface area contributed by atoms with Crippen LogP contribution < -0.4 is 5.32 Å². The Morgan fingerprint density at radius 2 is 2.24 bits per heavy atom. The number of nitrogens with one attached hydrogen (secondary N) is 1. The van der Waals surface area contributed by atoms with Gasteiger partial charge in [0.05, 0.1) is 0 Å². The topological polar surface area (TPSA) is 32.3 Å². The summed E-state index contributed by atoms with van der Waals surface area (Å²) in [5.74, 6) is 0.950. The van der Waals surface area contributed by atoms with Crippen molar-refractivity contribution < 1.29 is 4.79 Å². The summed E-state index contributed by atoms with van der Waals surface area (Å²) in [6.07, 6.45) is 5.57. The highest BCUT2D eigenvalue weighted by Gasteiger charge is 2.24. The van der Waals surface area contributed by atoms with Crippen molar-refractivity contribution in [3.05, 3.63) is 0 Å². The van der Waals surface area contributed by atoms with Crippen LogP contribution >= 0.6 is 0 Å². The molecule has 0 aliphatic carbocycles. The fourth-order valence-corrected chi connectivity index (χ4v) is 2.52. The monoisotopic (exact) mass is 240 g/mol. The van der Waals surface area contributed by atoms with Crippen molar-refractivity contribution >= 4 is 5.91 Å². The van der Waals surface area contributed by atoms with Gasteiger partial charge in [-0.15, -0.1) is 0 Å². The van der Waals surface area contributed by atoms with Gasteiger partial charge in [-0.2, -0.15) is 0 Å². The largest absolute Gasteiger partial charge is 0.337 e. The summed E-state index contributed by atoms with van der Waals surface area (Å²) in [6.45, 7) is 9.32. The highest BCUT2D eigenvalue weighted by molar-refractivity contribution is 5.76. The molecule has 17 heavy (non-hydrogen) atoms. The SMILES string of the molecule is CCCCC(CC)CC(=O)N1CCNCC1C. The van der Waals surface area contributed by atoms with Crippen molar-refractivity contribution in [3.63, 3.8) is 0 Å². The average molecular weight is 240 g/mol. The highest BCUT2D eigenvalue weighted by Crippen LogP contribution is 2.19. The van der Waals surface area contributed by atoms with Gasteiger partial charge in [-0.05, 0) is 19.3 Å². The predicted molar refractivity (Wildman–Crippen MR) is 72.0 cm³/mol. The van der Waals surface area contributed by atoms with Gasteiger partial charge in [-0.3, -0.25) is 4.79 Å². The Balaban J connectivity index is 2.39. The van der Waals surface area contributed by atoms with Crippen LogP contribution in [-0.4, -0.2) is 36.5 Å². The molecule has 1 saturated heterocycles. The number of amides is 1. The van der Waals surface area contributed by atoms with Gasteiger partial charge in [0.25, 0.3) is 0 Å². The minimum Gasteiger partial charge on any atom is -0.337 e. The molecule has 1 amide bonds. The van der Waals surface area contributed by atoms with Gasteiger partial charge >= 0.3 is 0 Å². The van der Waals surface area contributed by atoms with Crippen LogP contribution in [-0.2, 0) is 4.79 Å². The molecular weight excluding hydrogens is 212 g/mol. The third kappa shape index (κ3) is 4.66. The van der Waals surface area contributed by atoms with Crippen LogP contribution in [0, 0.1) is 5.92 Å². The van der Waals surface area contributed by atoms with Gasteiger partial charge in [0.15, 0.2) is 0 Å². The van der Waals surface area contributed by atoms with E-state index < -0.39 is 0 Å². The lowest BCUT2D eigenvalue weighted by Gasteiger charge is -2.35. The fraction of sp³-hybridized carbons (Fsp3) is 0.929. The quantitative estimate of drug-likeness (QED) is 0.773. The number of hydrogen-bond donors (Lipinski definition) is 1. The minimum atomic E-state index is 0.361. The minimum absolute atomic E-state index is 0.361. The summed E-state index contributed by atoms with van der Waals surface area (Å²) < 4.78 is 0. The number of piperazine rings is 1. The summed E-state index contributed by atoms with van der Waals surface area (Å²) in [5, 5.41) is 3.33. The van der Waals surface area contributed by atoms with Gasteiger partial charge in [0.1, 0.15) is 0 Å². The molecule has 0 aromatic rings. The van der Waals surface area contributed by atoms with Gasteiger partial charge in [-0.1, -0.05) is 33.1 Å². The van der Waals surface area contributed by atoms with Crippen molar-refractivity contribution in [2.24, 2.45) is 5.92 Å². The van der Waals surface area contributed by atoms with Gasteiger partial charge < -0.3 is 10.2 Å². The second-order valence-corrected chi connectivity index (χ2v) is 5.26. The smallest absolute Gasteiger partial charge is 0.223 e. The third-order valence-corrected chi connectivity index (χ3v) is 3.83. The van der Waals surface area contributed by atoms with Crippen LogP contribution in [0.3, 0.4) is 0 Å². The van der Waals surface area contributed by atoms with E-state index in [2.05, 4.69) is 31.0 Å². The molecule has 1 aliphatic heterocycles. The van der Waals surface area contributed by atoms with E-state index in [4.69, 9.17) is 0 Å². The first-order valence-electron chi connectivity index (χ1n) is 7.19. The fourth-order valence-electron chi connectivity index (χ4n) is 2.52. The molecule has 0 radical (unpaired) electrons. The first-order chi connectivity index (χ1) is 8.19. The summed E-state index contributed by atoms with van der Waals surface area (Å²) in [7, 11) is 0. The van der Waals surface area contributed by atoms with Crippen LogP contribution in [0.25, 0.3) is 0 Å². The zero-order chi connectivity index (χ0) is 12.7. The molecule has 2 unspecified atom stereocenters. The van der Waals surface area contributed by atoms with Crippen molar-refractivity contribution in [2.45, 2.75) is 58.9 Å². The van der Waals surface area contributed by atoms with Crippen LogP contribution in [0.1, 0.15) is 52.9 Å². The van der Waals surface area contributed by atoms with Crippen LogP contribution in [0.2, 0.25) is 0 Å². The average Bonchev–Trinajstić information content (AvgIpc) is 2.34. The van der Waals surface area contributed by atoms with Crippen LogP contribution in [0.4, 0.5) is 0 Å². The molecule has 1 fully saturated rings. The lowest BCUT2D eigenvalue weighted by molar-refractivity contribution is -0.135. The maximum absolute atomic E-state index is 12.2. The van der Waals surface area contributed by atoms with E-state index in [9.17, 15) is 4.79 Å². The summed E-state index contributed by atoms with van der Waals surface area (Å²) in [4.78, 5) is 14.3. The summed E-state index contributed by atoms with van der Waals surface area (Å²) in [6, 6.07) is 0.361. The Morgan fingerprint density at radius 3 is 2.82 bits per heavy atom. The Hall–Kier alpha value is -0.570. The molecule has 0 spiro atoms. The van der Waals surface area contributed by atoms with Crippen molar-refractivity contribution in [1.82, 2.24) is 10.2 Å². The Morgan fingerprint density at radius 1 is 1.47 bits per heavy atom. The molecule has 3 nitrogen and oxygen atoms in total. The molecule has 1 N–H and O–H groups in total. The normalized spacial score (nSPS) is 22.5. The van der Waals surface area contributed by atoms with E-state index >= 15 is 0 Å². The summed E-state index contributed by atoms with van der Waals surface area (Å²) in [5.41, 5.74) is 0. The van der Waals surface area contributed by atoms with Crippen molar-refractivity contribution in [3.8, 4) is 0 Å². The number of hydrogen-bond acceptors (Lipinski definition) is 2. The van der Waals surface area contributed by atoms with E-state index in [1.54, 1.807) is 0 Å². The summed E-state index contributed by atoms with van der Waals surface area (Å²) >= 11 is 0. The maximum Gasteiger partial charge on any atom is 0.223 e. The zero-order valence-corrected chi connectivity index (χ0v) is 11.7. The van der Waals surface area contributed by atoms with Crippen molar-refractivity contribution in [2.75, 3.05) is 19.6 Å². The highest BCUT2D eigenvalue weighted by atomic mass is 16.2. The maximum atomic E-state index is 12.2. The van der Waals surface area contributed by atoms with Crippen LogP contribution in [0.15, 0.2) is 0 Å². The first-order valence-corrected chi connectivity index (χ1v) is 7.19. The lowest BCUT2D eigenvalue weighted by atomic mass is 9.95. The standard InChI is InChI=1S/C14H28N2O/c1-4-6-7-13(5-2)10-14(17)16-9-8-15-11-12(16)3/h12-13,15H,4-11H2,1-3H3. The van der Waals surface area contributed by atoms with Gasteiger partial charge in [0.2, 0.25) is 5.91 Å². The molecule has 0 saturated carbocycles. The Labute approximate surface area is 106 Å². The number of carbonyl (C=O) groups excluding carboxylic acids is 1.